The predicted molar refractivity (Wildman–Crippen MR) is 68.5 cm³/mol. The molecule has 6 heteroatoms. The second-order valence-electron chi connectivity index (χ2n) is 6.22. The van der Waals surface area contributed by atoms with E-state index >= 15 is 0 Å². The number of carbonyl (C=O) groups is 3. The van der Waals surface area contributed by atoms with Gasteiger partial charge in [0.1, 0.15) is 0 Å². The van der Waals surface area contributed by atoms with Gasteiger partial charge in [0, 0.05) is 13.0 Å². The van der Waals surface area contributed by atoms with Crippen LogP contribution in [0.3, 0.4) is 0 Å². The molecule has 0 rings (SSSR count). The van der Waals surface area contributed by atoms with Gasteiger partial charge in [-0.3, -0.25) is 14.4 Å². The summed E-state index contributed by atoms with van der Waals surface area (Å²) in [6.07, 6.45) is 0.396. The molecule has 0 heterocycles. The number of amides is 3. The monoisotopic (exact) mass is 257 g/mol. The van der Waals surface area contributed by atoms with Crippen LogP contribution < -0.4 is 16.4 Å². The van der Waals surface area contributed by atoms with Crippen molar-refractivity contribution < 1.29 is 14.4 Å². The van der Waals surface area contributed by atoms with Gasteiger partial charge in [-0.1, -0.05) is 20.8 Å². The van der Waals surface area contributed by atoms with Gasteiger partial charge in [-0.15, -0.1) is 0 Å². The second-order valence-corrected chi connectivity index (χ2v) is 6.22. The van der Waals surface area contributed by atoms with Crippen molar-refractivity contribution in [1.82, 2.24) is 10.6 Å². The number of primary amides is 1. The van der Waals surface area contributed by atoms with Crippen LogP contribution in [-0.4, -0.2) is 29.8 Å². The van der Waals surface area contributed by atoms with E-state index in [0.717, 1.165) is 0 Å². The maximum absolute atomic E-state index is 11.6. The Kier molecular flexibility index (Phi) is 5.32. The van der Waals surface area contributed by atoms with Crippen molar-refractivity contribution >= 4 is 17.7 Å². The lowest BCUT2D eigenvalue weighted by Crippen LogP contribution is -2.54. The topological polar surface area (TPSA) is 101 Å². The Morgan fingerprint density at radius 1 is 1.06 bits per heavy atom. The summed E-state index contributed by atoms with van der Waals surface area (Å²) in [5, 5.41) is 5.16. The largest absolute Gasteiger partial charge is 0.361 e. The molecule has 0 spiro atoms. The third kappa shape index (κ3) is 7.65. The molecule has 18 heavy (non-hydrogen) atoms. The maximum Gasteiger partial charge on any atom is 0.309 e. The van der Waals surface area contributed by atoms with Crippen LogP contribution in [0.25, 0.3) is 0 Å². The van der Waals surface area contributed by atoms with Gasteiger partial charge in [0.05, 0.1) is 5.54 Å². The summed E-state index contributed by atoms with van der Waals surface area (Å²) in [5.74, 6) is -1.99. The van der Waals surface area contributed by atoms with E-state index in [2.05, 4.69) is 10.6 Å². The zero-order chi connectivity index (χ0) is 14.6. The van der Waals surface area contributed by atoms with E-state index in [1.807, 2.05) is 20.8 Å². The SMILES string of the molecule is CC(C)(C)CC(=O)NCC(C)(C)NC(=O)C(N)=O. The Hall–Kier alpha value is -1.59. The van der Waals surface area contributed by atoms with Gasteiger partial charge < -0.3 is 16.4 Å². The fraction of sp³-hybridized carbons (Fsp3) is 0.750. The highest BCUT2D eigenvalue weighted by Crippen LogP contribution is 2.17. The van der Waals surface area contributed by atoms with Crippen molar-refractivity contribution in [3.63, 3.8) is 0 Å². The van der Waals surface area contributed by atoms with Gasteiger partial charge in [0.25, 0.3) is 0 Å². The zero-order valence-corrected chi connectivity index (χ0v) is 11.7. The molecule has 104 valence electrons. The van der Waals surface area contributed by atoms with Gasteiger partial charge in [-0.05, 0) is 19.3 Å². The molecule has 0 aromatic heterocycles. The molecule has 0 aliphatic rings. The summed E-state index contributed by atoms with van der Waals surface area (Å²) in [5.41, 5.74) is 4.03. The summed E-state index contributed by atoms with van der Waals surface area (Å²) >= 11 is 0. The first-order valence-electron chi connectivity index (χ1n) is 5.82. The molecule has 0 saturated heterocycles. The minimum absolute atomic E-state index is 0.0926. The van der Waals surface area contributed by atoms with Crippen molar-refractivity contribution in [1.29, 1.82) is 0 Å². The van der Waals surface area contributed by atoms with Crippen molar-refractivity contribution in [3.05, 3.63) is 0 Å². The third-order valence-electron chi connectivity index (χ3n) is 2.09. The van der Waals surface area contributed by atoms with Crippen molar-refractivity contribution in [2.75, 3.05) is 6.54 Å². The number of hydrogen-bond donors (Lipinski definition) is 3. The van der Waals surface area contributed by atoms with E-state index in [1.165, 1.54) is 0 Å². The van der Waals surface area contributed by atoms with Crippen LogP contribution in [0.2, 0.25) is 0 Å². The first kappa shape index (κ1) is 16.4. The van der Waals surface area contributed by atoms with E-state index in [4.69, 9.17) is 5.73 Å². The number of nitrogens with two attached hydrogens (primary N) is 1. The summed E-state index contributed by atoms with van der Waals surface area (Å²) in [4.78, 5) is 33.4. The quantitative estimate of drug-likeness (QED) is 0.614. The van der Waals surface area contributed by atoms with E-state index in [-0.39, 0.29) is 17.9 Å². The summed E-state index contributed by atoms with van der Waals surface area (Å²) in [7, 11) is 0. The fourth-order valence-corrected chi connectivity index (χ4v) is 1.28. The van der Waals surface area contributed by atoms with Crippen LogP contribution in [0.5, 0.6) is 0 Å². The minimum atomic E-state index is -1.04. The summed E-state index contributed by atoms with van der Waals surface area (Å²) in [6.45, 7) is 9.53. The van der Waals surface area contributed by atoms with Gasteiger partial charge in [0.2, 0.25) is 5.91 Å². The third-order valence-corrected chi connectivity index (χ3v) is 2.09. The lowest BCUT2D eigenvalue weighted by atomic mass is 9.92. The lowest BCUT2D eigenvalue weighted by molar-refractivity contribution is -0.138. The van der Waals surface area contributed by atoms with Crippen LogP contribution in [-0.2, 0) is 14.4 Å². The highest BCUT2D eigenvalue weighted by atomic mass is 16.2. The van der Waals surface area contributed by atoms with Gasteiger partial charge in [0.15, 0.2) is 0 Å². The van der Waals surface area contributed by atoms with Crippen LogP contribution in [0.15, 0.2) is 0 Å². The molecule has 0 aliphatic carbocycles. The molecular weight excluding hydrogens is 234 g/mol. The highest BCUT2D eigenvalue weighted by Gasteiger charge is 2.24. The Morgan fingerprint density at radius 2 is 1.56 bits per heavy atom. The molecule has 0 radical (unpaired) electrons. The Bertz CT molecular complexity index is 343. The van der Waals surface area contributed by atoms with Crippen molar-refractivity contribution in [2.24, 2.45) is 11.1 Å². The van der Waals surface area contributed by atoms with Gasteiger partial charge in [-0.2, -0.15) is 0 Å². The van der Waals surface area contributed by atoms with E-state index < -0.39 is 17.4 Å². The minimum Gasteiger partial charge on any atom is -0.361 e. The average Bonchev–Trinajstić information content (AvgIpc) is 2.11. The van der Waals surface area contributed by atoms with Crippen molar-refractivity contribution in [3.8, 4) is 0 Å². The van der Waals surface area contributed by atoms with Crippen molar-refractivity contribution in [2.45, 2.75) is 46.6 Å². The Morgan fingerprint density at radius 3 is 1.94 bits per heavy atom. The van der Waals surface area contributed by atoms with Crippen LogP contribution in [0.4, 0.5) is 0 Å². The molecule has 4 N–H and O–H groups in total. The first-order chi connectivity index (χ1) is 7.93. The predicted octanol–water partition coefficient (Wildman–Crippen LogP) is -0.0811. The Labute approximate surface area is 108 Å². The molecule has 0 saturated carbocycles. The molecule has 0 fully saturated rings. The standard InChI is InChI=1S/C12H23N3O3/c1-11(2,3)6-8(16)14-7-12(4,5)15-10(18)9(13)17/h6-7H2,1-5H3,(H2,13,17)(H,14,16)(H,15,18). The van der Waals surface area contributed by atoms with Crippen LogP contribution in [0, 0.1) is 5.41 Å². The van der Waals surface area contributed by atoms with E-state index in [9.17, 15) is 14.4 Å². The molecule has 0 bridgehead atoms. The second kappa shape index (κ2) is 5.84. The molecular formula is C12H23N3O3. The molecule has 3 amide bonds. The number of nitrogens with one attached hydrogen (secondary N) is 2. The first-order valence-corrected chi connectivity index (χ1v) is 5.82. The van der Waals surface area contributed by atoms with Gasteiger partial charge in [-0.25, -0.2) is 0 Å². The summed E-state index contributed by atoms with van der Waals surface area (Å²) in [6, 6.07) is 0. The molecule has 0 aromatic rings. The molecule has 0 aromatic carbocycles. The molecule has 0 atom stereocenters. The highest BCUT2D eigenvalue weighted by molar-refractivity contribution is 6.34. The number of hydrogen-bond acceptors (Lipinski definition) is 3. The fourth-order valence-electron chi connectivity index (χ4n) is 1.28. The van der Waals surface area contributed by atoms with E-state index in [0.29, 0.717) is 6.42 Å². The zero-order valence-electron chi connectivity index (χ0n) is 11.7. The average molecular weight is 257 g/mol. The normalized spacial score (nSPS) is 11.8. The number of rotatable bonds is 4. The summed E-state index contributed by atoms with van der Waals surface area (Å²) < 4.78 is 0. The van der Waals surface area contributed by atoms with E-state index in [1.54, 1.807) is 13.8 Å². The number of carbonyl (C=O) groups excluding carboxylic acids is 3. The maximum atomic E-state index is 11.6. The lowest BCUT2D eigenvalue weighted by Gasteiger charge is -2.26. The smallest absolute Gasteiger partial charge is 0.309 e. The van der Waals surface area contributed by atoms with Crippen LogP contribution in [0.1, 0.15) is 41.0 Å². The Balaban J connectivity index is 4.23. The van der Waals surface area contributed by atoms with Gasteiger partial charge >= 0.3 is 11.8 Å². The molecule has 0 unspecified atom stereocenters. The van der Waals surface area contributed by atoms with Crippen LogP contribution >= 0.6 is 0 Å². The molecule has 0 aliphatic heterocycles. The molecule has 6 nitrogen and oxygen atoms in total.